The highest BCUT2D eigenvalue weighted by molar-refractivity contribution is 6.31. The Hall–Kier alpha value is -2.37. The maximum atomic E-state index is 12.5. The molecule has 0 aliphatic carbocycles. The van der Waals surface area contributed by atoms with Gasteiger partial charge in [0.25, 0.3) is 0 Å². The number of carbonyl (C=O) groups is 2. The Bertz CT molecular complexity index is 900. The summed E-state index contributed by atoms with van der Waals surface area (Å²) in [5, 5.41) is 3.47. The van der Waals surface area contributed by atoms with E-state index in [-0.39, 0.29) is 11.7 Å². The topological polar surface area (TPSA) is 58.6 Å². The Kier molecular flexibility index (Phi) is 7.88. The highest BCUT2D eigenvalue weighted by Crippen LogP contribution is 2.28. The predicted molar refractivity (Wildman–Crippen MR) is 120 cm³/mol. The second kappa shape index (κ2) is 10.6. The van der Waals surface area contributed by atoms with E-state index in [2.05, 4.69) is 16.3 Å². The van der Waals surface area contributed by atoms with E-state index in [1.807, 2.05) is 18.2 Å². The van der Waals surface area contributed by atoms with E-state index in [0.717, 1.165) is 50.0 Å². The van der Waals surface area contributed by atoms with Gasteiger partial charge in [0, 0.05) is 30.1 Å². The second-order valence-electron chi connectivity index (χ2n) is 7.93. The van der Waals surface area contributed by atoms with Crippen LogP contribution < -0.4 is 10.1 Å². The normalized spacial score (nSPS) is 16.8. The number of ketones is 1. The molecule has 2 aromatic carbocycles. The van der Waals surface area contributed by atoms with Crippen molar-refractivity contribution in [2.24, 2.45) is 5.92 Å². The molecule has 0 saturated carbocycles. The molecule has 0 spiro atoms. The fraction of sp³-hybridized carbons (Fsp3) is 0.417. The van der Waals surface area contributed by atoms with Crippen molar-refractivity contribution in [1.82, 2.24) is 4.90 Å². The van der Waals surface area contributed by atoms with Gasteiger partial charge in [0.15, 0.2) is 5.78 Å². The number of hydrogen-bond donors (Lipinski definition) is 1. The van der Waals surface area contributed by atoms with Crippen molar-refractivity contribution < 1.29 is 14.3 Å². The van der Waals surface area contributed by atoms with Gasteiger partial charge in [-0.3, -0.25) is 14.5 Å². The van der Waals surface area contributed by atoms with Crippen LogP contribution in [-0.4, -0.2) is 36.8 Å². The van der Waals surface area contributed by atoms with Crippen LogP contribution in [0.3, 0.4) is 0 Å². The third-order valence-electron chi connectivity index (χ3n) is 5.56. The van der Waals surface area contributed by atoms with Crippen molar-refractivity contribution in [2.75, 3.05) is 25.5 Å². The van der Waals surface area contributed by atoms with Crippen LogP contribution in [0.15, 0.2) is 42.5 Å². The van der Waals surface area contributed by atoms with Crippen LogP contribution >= 0.6 is 11.6 Å². The zero-order chi connectivity index (χ0) is 21.5. The first kappa shape index (κ1) is 22.3. The average Bonchev–Trinajstić information content (AvgIpc) is 2.73. The molecule has 160 valence electrons. The van der Waals surface area contributed by atoms with Gasteiger partial charge >= 0.3 is 0 Å². The minimum atomic E-state index is -0.0261. The maximum Gasteiger partial charge on any atom is 0.224 e. The molecule has 1 amide bonds. The summed E-state index contributed by atoms with van der Waals surface area (Å²) in [5.74, 6) is 1.16. The number of carbonyl (C=O) groups excluding carboxylic acids is 2. The van der Waals surface area contributed by atoms with Gasteiger partial charge in [-0.1, -0.05) is 29.8 Å². The van der Waals surface area contributed by atoms with Gasteiger partial charge in [-0.15, -0.1) is 0 Å². The van der Waals surface area contributed by atoms with Crippen molar-refractivity contribution >= 4 is 29.0 Å². The quantitative estimate of drug-likeness (QED) is 0.588. The Morgan fingerprint density at radius 2 is 2.07 bits per heavy atom. The highest BCUT2D eigenvalue weighted by Gasteiger charge is 2.21. The van der Waals surface area contributed by atoms with Crippen LogP contribution in [-0.2, 0) is 11.3 Å². The van der Waals surface area contributed by atoms with E-state index in [9.17, 15) is 9.59 Å². The summed E-state index contributed by atoms with van der Waals surface area (Å²) in [5.41, 5.74) is 2.52. The zero-order valence-corrected chi connectivity index (χ0v) is 18.4. The Balaban J connectivity index is 1.50. The highest BCUT2D eigenvalue weighted by atomic mass is 35.5. The summed E-state index contributed by atoms with van der Waals surface area (Å²) in [7, 11) is 1.57. The summed E-state index contributed by atoms with van der Waals surface area (Å²) >= 11 is 6.03. The van der Waals surface area contributed by atoms with Gasteiger partial charge < -0.3 is 10.1 Å². The van der Waals surface area contributed by atoms with Crippen LogP contribution in [0.4, 0.5) is 5.69 Å². The lowest BCUT2D eigenvalue weighted by Gasteiger charge is -2.32. The molecule has 1 aliphatic rings. The molecule has 0 radical (unpaired) electrons. The van der Waals surface area contributed by atoms with Crippen LogP contribution in [0.2, 0.25) is 5.02 Å². The lowest BCUT2D eigenvalue weighted by molar-refractivity contribution is -0.116. The van der Waals surface area contributed by atoms with Gasteiger partial charge in [0.05, 0.1) is 12.8 Å². The molecule has 3 rings (SSSR count). The van der Waals surface area contributed by atoms with Crippen molar-refractivity contribution in [1.29, 1.82) is 0 Å². The molecule has 1 atom stereocenters. The average molecular weight is 429 g/mol. The predicted octanol–water partition coefficient (Wildman–Crippen LogP) is 5.18. The first-order chi connectivity index (χ1) is 14.4. The van der Waals surface area contributed by atoms with E-state index in [1.54, 1.807) is 32.2 Å². The number of halogens is 1. The Morgan fingerprint density at radius 1 is 1.23 bits per heavy atom. The second-order valence-corrected chi connectivity index (χ2v) is 8.37. The first-order valence-corrected chi connectivity index (χ1v) is 10.8. The molecule has 1 aliphatic heterocycles. The first-order valence-electron chi connectivity index (χ1n) is 10.4. The third kappa shape index (κ3) is 6.31. The fourth-order valence-corrected chi connectivity index (χ4v) is 4.18. The molecular weight excluding hydrogens is 400 g/mol. The number of Topliss-reactive ketones (excluding diaryl/α,β-unsaturated/α-hetero) is 1. The molecule has 1 N–H and O–H groups in total. The smallest absolute Gasteiger partial charge is 0.224 e. The minimum Gasteiger partial charge on any atom is -0.495 e. The van der Waals surface area contributed by atoms with E-state index in [1.165, 1.54) is 0 Å². The number of rotatable bonds is 8. The summed E-state index contributed by atoms with van der Waals surface area (Å²) in [6.45, 7) is 4.45. The summed E-state index contributed by atoms with van der Waals surface area (Å²) in [6.07, 6.45) is 3.57. The molecule has 1 saturated heterocycles. The molecule has 5 nitrogen and oxygen atoms in total. The summed E-state index contributed by atoms with van der Waals surface area (Å²) < 4.78 is 5.29. The Labute approximate surface area is 183 Å². The molecule has 0 bridgehead atoms. The summed E-state index contributed by atoms with van der Waals surface area (Å²) in [4.78, 5) is 26.5. The van der Waals surface area contributed by atoms with Gasteiger partial charge in [0.1, 0.15) is 5.75 Å². The van der Waals surface area contributed by atoms with Crippen molar-refractivity contribution in [3.05, 3.63) is 58.6 Å². The lowest BCUT2D eigenvalue weighted by atomic mass is 9.93. The van der Waals surface area contributed by atoms with Crippen LogP contribution in [0.1, 0.15) is 48.5 Å². The van der Waals surface area contributed by atoms with Gasteiger partial charge in [-0.05, 0) is 68.5 Å². The molecule has 1 fully saturated rings. The largest absolute Gasteiger partial charge is 0.495 e. The number of hydrogen-bond acceptors (Lipinski definition) is 4. The molecular formula is C24H29ClN2O3. The van der Waals surface area contributed by atoms with Crippen molar-refractivity contribution in [3.63, 3.8) is 0 Å². The van der Waals surface area contributed by atoms with Gasteiger partial charge in [-0.2, -0.15) is 0 Å². The number of piperidine rings is 1. The number of methoxy groups -OCH3 is 1. The third-order valence-corrected chi connectivity index (χ3v) is 5.79. The van der Waals surface area contributed by atoms with Gasteiger partial charge in [-0.25, -0.2) is 0 Å². The number of ether oxygens (including phenoxy) is 1. The van der Waals surface area contributed by atoms with E-state index < -0.39 is 0 Å². The molecule has 1 heterocycles. The van der Waals surface area contributed by atoms with Crippen LogP contribution in [0.5, 0.6) is 5.75 Å². The SMILES string of the molecule is COc1ccc(Cl)cc1NC(=O)CCC1CCCN(Cc2cccc(C(C)=O)c2)C1. The standard InChI is InChI=1S/C24H29ClN2O3/c1-17(28)20-7-3-5-19(13-20)16-27-12-4-6-18(15-27)8-11-24(29)26-22-14-21(25)9-10-23(22)30-2/h3,5,7,9-10,13-14,18H,4,6,8,11-12,15-16H2,1-2H3,(H,26,29). The zero-order valence-electron chi connectivity index (χ0n) is 17.6. The van der Waals surface area contributed by atoms with E-state index in [4.69, 9.17) is 16.3 Å². The van der Waals surface area contributed by atoms with Crippen molar-refractivity contribution in [3.8, 4) is 5.75 Å². The molecule has 1 unspecified atom stereocenters. The Morgan fingerprint density at radius 3 is 2.83 bits per heavy atom. The molecule has 2 aromatic rings. The fourth-order valence-electron chi connectivity index (χ4n) is 4.00. The number of anilines is 1. The maximum absolute atomic E-state index is 12.5. The molecule has 30 heavy (non-hydrogen) atoms. The lowest BCUT2D eigenvalue weighted by Crippen LogP contribution is -2.35. The minimum absolute atomic E-state index is 0.0261. The number of benzene rings is 2. The van der Waals surface area contributed by atoms with Crippen molar-refractivity contribution in [2.45, 2.75) is 39.2 Å². The van der Waals surface area contributed by atoms with Crippen LogP contribution in [0, 0.1) is 5.92 Å². The monoisotopic (exact) mass is 428 g/mol. The number of likely N-dealkylation sites (tertiary alicyclic amines) is 1. The van der Waals surface area contributed by atoms with Gasteiger partial charge in [0.2, 0.25) is 5.91 Å². The summed E-state index contributed by atoms with van der Waals surface area (Å²) in [6, 6.07) is 13.0. The molecule has 6 heteroatoms. The number of amides is 1. The number of nitrogens with zero attached hydrogens (tertiary/aromatic N) is 1. The van der Waals surface area contributed by atoms with E-state index in [0.29, 0.717) is 28.8 Å². The molecule has 0 aromatic heterocycles. The van der Waals surface area contributed by atoms with E-state index >= 15 is 0 Å². The number of nitrogens with one attached hydrogen (secondary N) is 1. The van der Waals surface area contributed by atoms with Crippen LogP contribution in [0.25, 0.3) is 0 Å².